The summed E-state index contributed by atoms with van der Waals surface area (Å²) in [6.45, 7) is 2.70. The normalized spacial score (nSPS) is 17.3. The van der Waals surface area contributed by atoms with Gasteiger partial charge in [0.1, 0.15) is 5.82 Å². The van der Waals surface area contributed by atoms with Crippen molar-refractivity contribution >= 4 is 58.7 Å². The Bertz CT molecular complexity index is 679. The minimum absolute atomic E-state index is 0. The largest absolute Gasteiger partial charge is 0.356 e. The minimum atomic E-state index is 0. The molecule has 1 fully saturated rings. The van der Waals surface area contributed by atoms with E-state index >= 15 is 0 Å². The van der Waals surface area contributed by atoms with Crippen molar-refractivity contribution in [3.05, 3.63) is 45.7 Å². The van der Waals surface area contributed by atoms with Gasteiger partial charge < -0.3 is 15.5 Å². The minimum Gasteiger partial charge on any atom is -0.356 e. The SMILES string of the molecule is CN=C(NCCc1ccsc1)NC1CCN(c2ncccc2Cl)C1.I. The zero-order valence-corrected chi connectivity index (χ0v) is 18.0. The molecule has 5 nitrogen and oxygen atoms in total. The van der Waals surface area contributed by atoms with Gasteiger partial charge >= 0.3 is 0 Å². The maximum absolute atomic E-state index is 6.24. The van der Waals surface area contributed by atoms with E-state index in [4.69, 9.17) is 11.6 Å². The molecule has 0 amide bonds. The molecule has 1 atom stereocenters. The van der Waals surface area contributed by atoms with E-state index in [1.165, 1.54) is 5.56 Å². The van der Waals surface area contributed by atoms with Gasteiger partial charge in [-0.05, 0) is 47.4 Å². The van der Waals surface area contributed by atoms with Gasteiger partial charge in [0.15, 0.2) is 5.96 Å². The van der Waals surface area contributed by atoms with Crippen LogP contribution < -0.4 is 15.5 Å². The van der Waals surface area contributed by atoms with Crippen LogP contribution in [-0.4, -0.2) is 43.7 Å². The smallest absolute Gasteiger partial charge is 0.191 e. The molecule has 2 aromatic rings. The Hall–Kier alpha value is -1.06. The zero-order chi connectivity index (χ0) is 16.8. The van der Waals surface area contributed by atoms with Crippen LogP contribution in [0.3, 0.4) is 0 Å². The van der Waals surface area contributed by atoms with Gasteiger partial charge in [0, 0.05) is 38.9 Å². The third-order valence-electron chi connectivity index (χ3n) is 4.08. The fraction of sp³-hybridized carbons (Fsp3) is 0.412. The predicted molar refractivity (Wildman–Crippen MR) is 118 cm³/mol. The first-order valence-electron chi connectivity index (χ1n) is 8.10. The lowest BCUT2D eigenvalue weighted by Gasteiger charge is -2.20. The number of thiophene rings is 1. The number of hydrogen-bond donors (Lipinski definition) is 2. The van der Waals surface area contributed by atoms with E-state index in [1.54, 1.807) is 17.5 Å². The monoisotopic (exact) mass is 491 g/mol. The Balaban J connectivity index is 0.00000225. The summed E-state index contributed by atoms with van der Waals surface area (Å²) in [7, 11) is 1.81. The lowest BCUT2D eigenvalue weighted by Crippen LogP contribution is -2.45. The molecule has 0 aromatic carbocycles. The molecule has 1 unspecified atom stereocenters. The van der Waals surface area contributed by atoms with Crippen LogP contribution in [-0.2, 0) is 6.42 Å². The molecule has 3 heterocycles. The molecule has 0 aliphatic carbocycles. The molecule has 1 aliphatic heterocycles. The van der Waals surface area contributed by atoms with Crippen molar-refractivity contribution in [2.45, 2.75) is 18.9 Å². The highest BCUT2D eigenvalue weighted by atomic mass is 127. The fourth-order valence-electron chi connectivity index (χ4n) is 2.83. The highest BCUT2D eigenvalue weighted by Gasteiger charge is 2.25. The average Bonchev–Trinajstić information content (AvgIpc) is 3.26. The van der Waals surface area contributed by atoms with E-state index in [0.717, 1.165) is 44.3 Å². The van der Waals surface area contributed by atoms with Gasteiger partial charge in [0.2, 0.25) is 0 Å². The molecule has 2 aromatic heterocycles. The van der Waals surface area contributed by atoms with E-state index in [9.17, 15) is 0 Å². The molecular weight excluding hydrogens is 469 g/mol. The van der Waals surface area contributed by atoms with Crippen molar-refractivity contribution in [2.75, 3.05) is 31.6 Å². The number of nitrogens with one attached hydrogen (secondary N) is 2. The number of aliphatic imine (C=N–C) groups is 1. The van der Waals surface area contributed by atoms with Gasteiger partial charge in [-0.1, -0.05) is 11.6 Å². The molecule has 25 heavy (non-hydrogen) atoms. The van der Waals surface area contributed by atoms with Gasteiger partial charge in [-0.25, -0.2) is 4.98 Å². The summed E-state index contributed by atoms with van der Waals surface area (Å²) in [5, 5.41) is 11.9. The summed E-state index contributed by atoms with van der Waals surface area (Å²) in [6.07, 6.45) is 3.83. The zero-order valence-electron chi connectivity index (χ0n) is 14.1. The van der Waals surface area contributed by atoms with E-state index in [1.807, 2.05) is 19.2 Å². The number of pyridine rings is 1. The summed E-state index contributed by atoms with van der Waals surface area (Å²) in [5.41, 5.74) is 1.36. The van der Waals surface area contributed by atoms with Gasteiger partial charge in [0.25, 0.3) is 0 Å². The van der Waals surface area contributed by atoms with Gasteiger partial charge in [-0.15, -0.1) is 24.0 Å². The molecule has 1 saturated heterocycles. The van der Waals surface area contributed by atoms with E-state index in [2.05, 4.69) is 42.3 Å². The Morgan fingerprint density at radius 3 is 3.08 bits per heavy atom. The van der Waals surface area contributed by atoms with Crippen LogP contribution in [0.25, 0.3) is 0 Å². The maximum atomic E-state index is 6.24. The van der Waals surface area contributed by atoms with Crippen LogP contribution >= 0.6 is 46.9 Å². The molecule has 0 spiro atoms. The Kier molecular flexibility index (Phi) is 8.25. The summed E-state index contributed by atoms with van der Waals surface area (Å²) in [4.78, 5) is 10.9. The molecular formula is C17H23ClIN5S. The number of guanidine groups is 1. The summed E-state index contributed by atoms with van der Waals surface area (Å²) < 4.78 is 0. The van der Waals surface area contributed by atoms with Crippen LogP contribution in [0.4, 0.5) is 5.82 Å². The van der Waals surface area contributed by atoms with Crippen molar-refractivity contribution in [1.82, 2.24) is 15.6 Å². The molecule has 0 bridgehead atoms. The van der Waals surface area contributed by atoms with Crippen molar-refractivity contribution in [3.8, 4) is 0 Å². The second kappa shape index (κ2) is 10.2. The lowest BCUT2D eigenvalue weighted by molar-refractivity contribution is 0.648. The standard InChI is InChI=1S/C17H22ClN5S.HI/c1-19-17(21-8-4-13-6-10-24-12-13)22-14-5-9-23(11-14)16-15(18)3-2-7-20-16;/h2-3,6-7,10,12,14H,4-5,8-9,11H2,1H3,(H2,19,21,22);1H. The summed E-state index contributed by atoms with van der Waals surface area (Å²) in [6, 6.07) is 6.25. The van der Waals surface area contributed by atoms with Gasteiger partial charge in [0.05, 0.1) is 5.02 Å². The van der Waals surface area contributed by atoms with Crippen LogP contribution in [0.2, 0.25) is 5.02 Å². The number of halogens is 2. The van der Waals surface area contributed by atoms with Gasteiger partial charge in [-0.3, -0.25) is 4.99 Å². The Morgan fingerprint density at radius 1 is 1.48 bits per heavy atom. The predicted octanol–water partition coefficient (Wildman–Crippen LogP) is 3.40. The molecule has 2 N–H and O–H groups in total. The molecule has 1 aliphatic rings. The Morgan fingerprint density at radius 2 is 2.36 bits per heavy atom. The highest BCUT2D eigenvalue weighted by molar-refractivity contribution is 14.0. The van der Waals surface area contributed by atoms with Crippen molar-refractivity contribution in [3.63, 3.8) is 0 Å². The topological polar surface area (TPSA) is 52.6 Å². The first-order valence-corrected chi connectivity index (χ1v) is 9.42. The Labute approximate surface area is 174 Å². The van der Waals surface area contributed by atoms with E-state index < -0.39 is 0 Å². The van der Waals surface area contributed by atoms with Crippen LogP contribution in [0.5, 0.6) is 0 Å². The quantitative estimate of drug-likeness (QED) is 0.382. The highest BCUT2D eigenvalue weighted by Crippen LogP contribution is 2.25. The van der Waals surface area contributed by atoms with Crippen molar-refractivity contribution < 1.29 is 0 Å². The van der Waals surface area contributed by atoms with Gasteiger partial charge in [-0.2, -0.15) is 11.3 Å². The van der Waals surface area contributed by atoms with Crippen LogP contribution in [0, 0.1) is 0 Å². The lowest BCUT2D eigenvalue weighted by atomic mass is 10.2. The number of hydrogen-bond acceptors (Lipinski definition) is 4. The van der Waals surface area contributed by atoms with E-state index in [0.29, 0.717) is 11.1 Å². The first-order chi connectivity index (χ1) is 11.8. The third kappa shape index (κ3) is 5.72. The second-order valence-corrected chi connectivity index (χ2v) is 6.95. The summed E-state index contributed by atoms with van der Waals surface area (Å²) in [5.74, 6) is 1.72. The fourth-order valence-corrected chi connectivity index (χ4v) is 3.77. The summed E-state index contributed by atoms with van der Waals surface area (Å²) >= 11 is 7.98. The molecule has 3 rings (SSSR count). The average molecular weight is 492 g/mol. The second-order valence-electron chi connectivity index (χ2n) is 5.77. The number of aromatic nitrogens is 1. The molecule has 136 valence electrons. The molecule has 0 saturated carbocycles. The number of anilines is 1. The molecule has 0 radical (unpaired) electrons. The van der Waals surface area contributed by atoms with Crippen molar-refractivity contribution in [2.24, 2.45) is 4.99 Å². The molecule has 8 heteroatoms. The first kappa shape index (κ1) is 20.3. The maximum Gasteiger partial charge on any atom is 0.191 e. The van der Waals surface area contributed by atoms with Crippen LogP contribution in [0.1, 0.15) is 12.0 Å². The number of nitrogens with zero attached hydrogens (tertiary/aromatic N) is 3. The number of rotatable bonds is 5. The van der Waals surface area contributed by atoms with E-state index in [-0.39, 0.29) is 24.0 Å². The van der Waals surface area contributed by atoms with Crippen molar-refractivity contribution in [1.29, 1.82) is 0 Å². The van der Waals surface area contributed by atoms with Crippen LogP contribution in [0.15, 0.2) is 40.1 Å². The third-order valence-corrected chi connectivity index (χ3v) is 5.10.